The number of thiophene rings is 1. The summed E-state index contributed by atoms with van der Waals surface area (Å²) in [5, 5.41) is 13.3. The number of nitrogens with one attached hydrogen (secondary N) is 2. The summed E-state index contributed by atoms with van der Waals surface area (Å²) in [6, 6.07) is 14.7. The molecule has 2 heterocycles. The lowest BCUT2D eigenvalue weighted by molar-refractivity contribution is 0.661. The second kappa shape index (κ2) is 8.67. The third kappa shape index (κ3) is 4.52. The molecule has 0 bridgehead atoms. The number of nitrogens with zero attached hydrogens (tertiary/aromatic N) is 3. The van der Waals surface area contributed by atoms with Gasteiger partial charge in [0.25, 0.3) is 0 Å². The first-order valence-electron chi connectivity index (χ1n) is 8.78. The van der Waals surface area contributed by atoms with Gasteiger partial charge in [-0.25, -0.2) is 4.68 Å². The van der Waals surface area contributed by atoms with Crippen LogP contribution in [0.5, 0.6) is 0 Å². The first kappa shape index (κ1) is 18.2. The van der Waals surface area contributed by atoms with E-state index in [1.165, 1.54) is 10.4 Å². The van der Waals surface area contributed by atoms with Gasteiger partial charge < -0.3 is 10.6 Å². The average Bonchev–Trinajstić information content (AvgIpc) is 3.38. The smallest absolute Gasteiger partial charge is 0.191 e. The van der Waals surface area contributed by atoms with Gasteiger partial charge in [-0.1, -0.05) is 25.1 Å². The number of aromatic nitrogens is 2. The lowest BCUT2D eigenvalue weighted by Gasteiger charge is -2.20. The van der Waals surface area contributed by atoms with Crippen molar-refractivity contribution in [3.05, 3.63) is 70.7 Å². The van der Waals surface area contributed by atoms with Gasteiger partial charge in [0.15, 0.2) is 5.96 Å². The van der Waals surface area contributed by atoms with Crippen LogP contribution in [0.3, 0.4) is 0 Å². The Bertz CT molecular complexity index is 824. The molecular formula is C20H25N5S. The predicted molar refractivity (Wildman–Crippen MR) is 109 cm³/mol. The van der Waals surface area contributed by atoms with Crippen LogP contribution in [0.4, 0.5) is 0 Å². The van der Waals surface area contributed by atoms with E-state index < -0.39 is 0 Å². The van der Waals surface area contributed by atoms with Gasteiger partial charge in [0.05, 0.1) is 11.7 Å². The average molecular weight is 368 g/mol. The van der Waals surface area contributed by atoms with Crippen molar-refractivity contribution in [2.75, 3.05) is 13.6 Å². The Labute approximate surface area is 158 Å². The minimum absolute atomic E-state index is 0.133. The lowest BCUT2D eigenvalue weighted by Crippen LogP contribution is -2.40. The van der Waals surface area contributed by atoms with Crippen molar-refractivity contribution in [3.63, 3.8) is 0 Å². The van der Waals surface area contributed by atoms with Crippen LogP contribution in [0.2, 0.25) is 0 Å². The molecule has 0 aliphatic heterocycles. The molecule has 0 fully saturated rings. The van der Waals surface area contributed by atoms with Gasteiger partial charge >= 0.3 is 0 Å². The Kier molecular flexibility index (Phi) is 6.07. The van der Waals surface area contributed by atoms with E-state index in [4.69, 9.17) is 0 Å². The number of hydrogen-bond donors (Lipinski definition) is 2. The minimum atomic E-state index is 0.133. The third-order valence-electron chi connectivity index (χ3n) is 4.32. The monoisotopic (exact) mass is 367 g/mol. The Balaban J connectivity index is 1.61. The predicted octanol–water partition coefficient (Wildman–Crippen LogP) is 3.96. The first-order valence-corrected chi connectivity index (χ1v) is 9.66. The zero-order chi connectivity index (χ0) is 18.4. The van der Waals surface area contributed by atoms with E-state index in [1.807, 2.05) is 16.9 Å². The van der Waals surface area contributed by atoms with Crippen molar-refractivity contribution in [2.24, 2.45) is 4.99 Å². The highest BCUT2D eigenvalue weighted by Gasteiger charge is 2.11. The van der Waals surface area contributed by atoms with Crippen molar-refractivity contribution in [3.8, 4) is 5.69 Å². The summed E-state index contributed by atoms with van der Waals surface area (Å²) in [6.45, 7) is 5.21. The molecular weight excluding hydrogens is 342 g/mol. The molecule has 26 heavy (non-hydrogen) atoms. The molecule has 2 unspecified atom stereocenters. The quantitative estimate of drug-likeness (QED) is 0.512. The van der Waals surface area contributed by atoms with Crippen molar-refractivity contribution in [1.29, 1.82) is 0 Å². The highest BCUT2D eigenvalue weighted by Crippen LogP contribution is 2.20. The van der Waals surface area contributed by atoms with Crippen LogP contribution in [-0.4, -0.2) is 29.3 Å². The minimum Gasteiger partial charge on any atom is -0.356 e. The molecule has 2 aromatic heterocycles. The highest BCUT2D eigenvalue weighted by atomic mass is 32.1. The van der Waals surface area contributed by atoms with E-state index in [0.29, 0.717) is 5.92 Å². The largest absolute Gasteiger partial charge is 0.356 e. The summed E-state index contributed by atoms with van der Waals surface area (Å²) >= 11 is 1.79. The molecule has 1 aromatic carbocycles. The molecule has 3 aromatic rings. The van der Waals surface area contributed by atoms with E-state index in [-0.39, 0.29) is 6.04 Å². The SMILES string of the molecule is CN=C(NCC(C)c1cccs1)NC(C)c1cccc(-n2cccn2)c1. The maximum Gasteiger partial charge on any atom is 0.191 e. The van der Waals surface area contributed by atoms with Crippen LogP contribution < -0.4 is 10.6 Å². The second-order valence-electron chi connectivity index (χ2n) is 6.28. The number of guanidine groups is 1. The van der Waals surface area contributed by atoms with Crippen LogP contribution in [0, 0.1) is 0 Å². The maximum absolute atomic E-state index is 4.36. The number of rotatable bonds is 6. The Hall–Kier alpha value is -2.60. The molecule has 136 valence electrons. The molecule has 2 N–H and O–H groups in total. The van der Waals surface area contributed by atoms with Gasteiger partial charge in [-0.15, -0.1) is 11.3 Å². The summed E-state index contributed by atoms with van der Waals surface area (Å²) in [5.41, 5.74) is 2.24. The number of benzene rings is 1. The fourth-order valence-electron chi connectivity index (χ4n) is 2.76. The molecule has 0 amide bonds. The molecule has 0 aliphatic carbocycles. The molecule has 2 atom stereocenters. The van der Waals surface area contributed by atoms with Gasteiger partial charge in [0.1, 0.15) is 0 Å². The topological polar surface area (TPSA) is 54.2 Å². The van der Waals surface area contributed by atoms with Crippen LogP contribution in [0.1, 0.15) is 36.2 Å². The number of aliphatic imine (C=N–C) groups is 1. The fraction of sp³-hybridized carbons (Fsp3) is 0.300. The standard InChI is InChI=1S/C20H25N5S/c1-15(19-9-5-12-26-19)14-22-20(21-3)24-16(2)17-7-4-8-18(13-17)25-11-6-10-23-25/h4-13,15-16H,14H2,1-3H3,(H2,21,22,24). The maximum atomic E-state index is 4.36. The molecule has 0 spiro atoms. The van der Waals surface area contributed by atoms with Crippen molar-refractivity contribution >= 4 is 17.3 Å². The first-order chi connectivity index (χ1) is 12.7. The van der Waals surface area contributed by atoms with Crippen molar-refractivity contribution in [2.45, 2.75) is 25.8 Å². The molecule has 0 aliphatic rings. The molecule has 0 saturated carbocycles. The van der Waals surface area contributed by atoms with Gasteiger partial charge in [0, 0.05) is 36.8 Å². The van der Waals surface area contributed by atoms with E-state index in [9.17, 15) is 0 Å². The van der Waals surface area contributed by atoms with Crippen LogP contribution in [0.25, 0.3) is 5.69 Å². The van der Waals surface area contributed by atoms with Crippen LogP contribution >= 0.6 is 11.3 Å². The Morgan fingerprint density at radius 2 is 2.12 bits per heavy atom. The molecule has 5 nitrogen and oxygen atoms in total. The fourth-order valence-corrected chi connectivity index (χ4v) is 3.55. The molecule has 0 radical (unpaired) electrons. The van der Waals surface area contributed by atoms with Gasteiger partial charge in [-0.2, -0.15) is 5.10 Å². The summed E-state index contributed by atoms with van der Waals surface area (Å²) in [4.78, 5) is 5.74. The van der Waals surface area contributed by atoms with Gasteiger partial charge in [-0.3, -0.25) is 4.99 Å². The van der Waals surface area contributed by atoms with Crippen molar-refractivity contribution in [1.82, 2.24) is 20.4 Å². The lowest BCUT2D eigenvalue weighted by atomic mass is 10.1. The number of hydrogen-bond acceptors (Lipinski definition) is 3. The third-order valence-corrected chi connectivity index (χ3v) is 5.42. The Morgan fingerprint density at radius 3 is 2.81 bits per heavy atom. The van der Waals surface area contributed by atoms with Crippen molar-refractivity contribution < 1.29 is 0 Å². The van der Waals surface area contributed by atoms with Gasteiger partial charge in [0.2, 0.25) is 0 Å². The summed E-state index contributed by atoms with van der Waals surface area (Å²) in [7, 11) is 1.80. The molecule has 0 saturated heterocycles. The normalized spacial score (nSPS) is 14.0. The zero-order valence-electron chi connectivity index (χ0n) is 15.4. The summed E-state index contributed by atoms with van der Waals surface area (Å²) < 4.78 is 1.87. The van der Waals surface area contributed by atoms with E-state index in [1.54, 1.807) is 24.6 Å². The molecule has 3 rings (SSSR count). The van der Waals surface area contributed by atoms with Crippen LogP contribution in [-0.2, 0) is 0 Å². The highest BCUT2D eigenvalue weighted by molar-refractivity contribution is 7.10. The molecule has 6 heteroatoms. The van der Waals surface area contributed by atoms with Crippen LogP contribution in [0.15, 0.2) is 65.2 Å². The van der Waals surface area contributed by atoms with E-state index in [0.717, 1.165) is 18.2 Å². The zero-order valence-corrected chi connectivity index (χ0v) is 16.2. The van der Waals surface area contributed by atoms with E-state index >= 15 is 0 Å². The summed E-state index contributed by atoms with van der Waals surface area (Å²) in [5.74, 6) is 1.26. The summed E-state index contributed by atoms with van der Waals surface area (Å²) in [6.07, 6.45) is 3.73. The van der Waals surface area contributed by atoms with Gasteiger partial charge in [-0.05, 0) is 42.1 Å². The Morgan fingerprint density at radius 1 is 1.23 bits per heavy atom. The second-order valence-corrected chi connectivity index (χ2v) is 7.26. The van der Waals surface area contributed by atoms with E-state index in [2.05, 4.69) is 76.4 Å².